The molecule has 30 heavy (non-hydrogen) atoms. The van der Waals surface area contributed by atoms with E-state index in [4.69, 9.17) is 17.0 Å². The molecule has 2 N–H and O–H groups in total. The molecule has 3 rings (SSSR count). The van der Waals surface area contributed by atoms with Crippen LogP contribution >= 0.6 is 24.0 Å². The number of carbonyl (C=O) groups is 1. The van der Waals surface area contributed by atoms with Gasteiger partial charge >= 0.3 is 0 Å². The summed E-state index contributed by atoms with van der Waals surface area (Å²) in [7, 11) is 0. The zero-order valence-corrected chi connectivity index (χ0v) is 18.4. The summed E-state index contributed by atoms with van der Waals surface area (Å²) in [5, 5.41) is 11.8. The zero-order valence-electron chi connectivity index (χ0n) is 16.8. The van der Waals surface area contributed by atoms with Gasteiger partial charge in [-0.05, 0) is 49.3 Å². The molecule has 3 aromatic rings. The molecule has 0 saturated carbocycles. The Morgan fingerprint density at radius 3 is 2.73 bits per heavy atom. The number of thiocarbonyl (C=S) groups is 1. The number of nitrogens with one attached hydrogen (secondary N) is 2. The molecular weight excluding hydrogens is 418 g/mol. The van der Waals surface area contributed by atoms with Crippen molar-refractivity contribution in [1.29, 1.82) is 0 Å². The second-order valence-electron chi connectivity index (χ2n) is 6.41. The van der Waals surface area contributed by atoms with Crippen LogP contribution in [0.15, 0.2) is 59.8 Å². The number of aryl methyl sites for hydroxylation is 1. The molecule has 156 valence electrons. The average Bonchev–Trinajstić information content (AvgIpc) is 3.10. The monoisotopic (exact) mass is 441 g/mol. The minimum absolute atomic E-state index is 0.157. The van der Waals surface area contributed by atoms with Crippen LogP contribution in [0.4, 0.5) is 0 Å². The molecule has 2 aromatic carbocycles. The van der Waals surface area contributed by atoms with Crippen LogP contribution in [0, 0.1) is 6.92 Å². The van der Waals surface area contributed by atoms with E-state index in [0.29, 0.717) is 28.9 Å². The van der Waals surface area contributed by atoms with E-state index >= 15 is 0 Å². The third kappa shape index (κ3) is 6.04. The van der Waals surface area contributed by atoms with Crippen molar-refractivity contribution in [1.82, 2.24) is 20.2 Å². The SMILES string of the molecule is CCCOc1cccc(C(=O)NC(=S)Nn2c(C)nnc2SCc2ccccc2)c1. The van der Waals surface area contributed by atoms with Crippen molar-refractivity contribution in [2.45, 2.75) is 31.2 Å². The maximum Gasteiger partial charge on any atom is 0.257 e. The van der Waals surface area contributed by atoms with Crippen LogP contribution in [0.25, 0.3) is 0 Å². The Morgan fingerprint density at radius 1 is 1.17 bits per heavy atom. The van der Waals surface area contributed by atoms with Crippen LogP contribution in [0.2, 0.25) is 0 Å². The smallest absolute Gasteiger partial charge is 0.257 e. The molecule has 0 bridgehead atoms. The number of amides is 1. The Morgan fingerprint density at radius 2 is 1.97 bits per heavy atom. The fourth-order valence-corrected chi connectivity index (χ4v) is 3.62. The lowest BCUT2D eigenvalue weighted by atomic mass is 10.2. The number of hydrogen-bond donors (Lipinski definition) is 2. The van der Waals surface area contributed by atoms with Gasteiger partial charge in [0.2, 0.25) is 5.16 Å². The molecule has 0 radical (unpaired) electrons. The van der Waals surface area contributed by atoms with Crippen molar-refractivity contribution in [3.63, 3.8) is 0 Å². The third-order valence-electron chi connectivity index (χ3n) is 4.02. The quantitative estimate of drug-likeness (QED) is 0.405. The molecule has 7 nitrogen and oxygen atoms in total. The van der Waals surface area contributed by atoms with Crippen molar-refractivity contribution in [3.05, 3.63) is 71.5 Å². The highest BCUT2D eigenvalue weighted by Gasteiger charge is 2.14. The fraction of sp³-hybridized carbons (Fsp3) is 0.238. The van der Waals surface area contributed by atoms with Crippen molar-refractivity contribution in [2.75, 3.05) is 12.0 Å². The summed E-state index contributed by atoms with van der Waals surface area (Å²) in [5.74, 6) is 1.71. The van der Waals surface area contributed by atoms with Gasteiger partial charge < -0.3 is 4.74 Å². The highest BCUT2D eigenvalue weighted by Crippen LogP contribution is 2.20. The topological polar surface area (TPSA) is 81.1 Å². The van der Waals surface area contributed by atoms with E-state index in [9.17, 15) is 4.79 Å². The van der Waals surface area contributed by atoms with Crippen LogP contribution in [0.5, 0.6) is 5.75 Å². The lowest BCUT2D eigenvalue weighted by Gasteiger charge is -2.13. The molecule has 1 aromatic heterocycles. The van der Waals surface area contributed by atoms with E-state index in [1.54, 1.807) is 22.9 Å². The summed E-state index contributed by atoms with van der Waals surface area (Å²) in [5.41, 5.74) is 4.63. The van der Waals surface area contributed by atoms with Crippen LogP contribution < -0.4 is 15.5 Å². The summed E-state index contributed by atoms with van der Waals surface area (Å²) in [6.45, 7) is 4.44. The first-order chi connectivity index (χ1) is 14.6. The highest BCUT2D eigenvalue weighted by molar-refractivity contribution is 7.98. The Bertz CT molecular complexity index is 1010. The summed E-state index contributed by atoms with van der Waals surface area (Å²) >= 11 is 6.84. The first kappa shape index (κ1) is 21.8. The Labute approximate surface area is 185 Å². The van der Waals surface area contributed by atoms with Gasteiger partial charge in [-0.1, -0.05) is 55.1 Å². The van der Waals surface area contributed by atoms with Gasteiger partial charge in [-0.15, -0.1) is 10.2 Å². The number of hydrogen-bond acceptors (Lipinski definition) is 6. The van der Waals surface area contributed by atoms with Gasteiger partial charge in [0.1, 0.15) is 11.6 Å². The molecule has 0 fully saturated rings. The molecule has 0 unspecified atom stereocenters. The summed E-state index contributed by atoms with van der Waals surface area (Å²) in [6.07, 6.45) is 0.896. The maximum absolute atomic E-state index is 12.6. The molecule has 1 heterocycles. The molecule has 0 atom stereocenters. The van der Waals surface area contributed by atoms with Crippen molar-refractivity contribution >= 4 is 35.0 Å². The molecule has 0 spiro atoms. The highest BCUT2D eigenvalue weighted by atomic mass is 32.2. The molecule has 0 saturated heterocycles. The number of ether oxygens (including phenoxy) is 1. The predicted molar refractivity (Wildman–Crippen MR) is 122 cm³/mol. The first-order valence-corrected chi connectivity index (χ1v) is 10.9. The van der Waals surface area contributed by atoms with Gasteiger partial charge in [0, 0.05) is 11.3 Å². The van der Waals surface area contributed by atoms with E-state index in [0.717, 1.165) is 12.2 Å². The minimum Gasteiger partial charge on any atom is -0.494 e. The van der Waals surface area contributed by atoms with Gasteiger partial charge in [-0.2, -0.15) is 0 Å². The van der Waals surface area contributed by atoms with Gasteiger partial charge in [0.25, 0.3) is 5.91 Å². The van der Waals surface area contributed by atoms with E-state index in [1.807, 2.05) is 38.1 Å². The van der Waals surface area contributed by atoms with Crippen LogP contribution in [-0.2, 0) is 5.75 Å². The van der Waals surface area contributed by atoms with Gasteiger partial charge in [-0.25, -0.2) is 4.68 Å². The Kier molecular flexibility index (Phi) is 7.81. The van der Waals surface area contributed by atoms with Gasteiger partial charge in [0.05, 0.1) is 6.61 Å². The maximum atomic E-state index is 12.6. The van der Waals surface area contributed by atoms with Gasteiger partial charge in [0.15, 0.2) is 5.11 Å². The lowest BCUT2D eigenvalue weighted by Crippen LogP contribution is -2.38. The van der Waals surface area contributed by atoms with Crippen molar-refractivity contribution in [2.24, 2.45) is 0 Å². The molecule has 0 aliphatic heterocycles. The Balaban J connectivity index is 1.61. The number of thioether (sulfide) groups is 1. The second-order valence-corrected chi connectivity index (χ2v) is 7.76. The number of rotatable bonds is 8. The second kappa shape index (κ2) is 10.7. The largest absolute Gasteiger partial charge is 0.494 e. The van der Waals surface area contributed by atoms with E-state index in [2.05, 4.69) is 33.1 Å². The lowest BCUT2D eigenvalue weighted by molar-refractivity contribution is 0.0977. The third-order valence-corrected chi connectivity index (χ3v) is 5.21. The summed E-state index contributed by atoms with van der Waals surface area (Å²) in [6, 6.07) is 17.1. The van der Waals surface area contributed by atoms with Crippen molar-refractivity contribution < 1.29 is 9.53 Å². The normalized spacial score (nSPS) is 10.5. The first-order valence-electron chi connectivity index (χ1n) is 9.50. The summed E-state index contributed by atoms with van der Waals surface area (Å²) < 4.78 is 7.24. The van der Waals surface area contributed by atoms with Crippen molar-refractivity contribution in [3.8, 4) is 5.75 Å². The van der Waals surface area contributed by atoms with E-state index in [-0.39, 0.29) is 11.0 Å². The molecule has 1 amide bonds. The number of benzene rings is 2. The molecular formula is C21H23N5O2S2. The van der Waals surface area contributed by atoms with Crippen LogP contribution in [-0.4, -0.2) is 32.5 Å². The predicted octanol–water partition coefficient (Wildman–Crippen LogP) is 3.93. The minimum atomic E-state index is -0.321. The number of carbonyl (C=O) groups excluding carboxylic acids is 1. The number of nitrogens with zero attached hydrogens (tertiary/aromatic N) is 3. The zero-order chi connectivity index (χ0) is 21.3. The van der Waals surface area contributed by atoms with E-state index in [1.165, 1.54) is 17.3 Å². The standard InChI is InChI=1S/C21H23N5O2S2/c1-3-12-28-18-11-7-10-17(13-18)19(27)22-20(29)25-26-15(2)23-24-21(26)30-14-16-8-5-4-6-9-16/h4-11,13H,3,12,14H2,1-2H3,(H2,22,25,27,29). The molecule has 0 aliphatic carbocycles. The fourth-order valence-electron chi connectivity index (χ4n) is 2.54. The molecule has 9 heteroatoms. The van der Waals surface area contributed by atoms with Crippen LogP contribution in [0.3, 0.4) is 0 Å². The Hall–Kier alpha value is -2.91. The molecule has 0 aliphatic rings. The van der Waals surface area contributed by atoms with E-state index < -0.39 is 0 Å². The van der Waals surface area contributed by atoms with Crippen LogP contribution in [0.1, 0.15) is 35.1 Å². The average molecular weight is 442 g/mol. The number of aromatic nitrogens is 3. The summed E-state index contributed by atoms with van der Waals surface area (Å²) in [4.78, 5) is 12.6. The van der Waals surface area contributed by atoms with Gasteiger partial charge in [-0.3, -0.25) is 15.5 Å².